The van der Waals surface area contributed by atoms with Gasteiger partial charge in [-0.2, -0.15) is 4.39 Å². The molecule has 0 radical (unpaired) electrons. The molecule has 4 nitrogen and oxygen atoms in total. The van der Waals surface area contributed by atoms with Crippen molar-refractivity contribution in [3.8, 4) is 0 Å². The molecule has 5 heteroatoms. The van der Waals surface area contributed by atoms with Crippen molar-refractivity contribution in [2.45, 2.75) is 26.2 Å². The number of hydrogen-bond acceptors (Lipinski definition) is 3. The van der Waals surface area contributed by atoms with Crippen molar-refractivity contribution < 1.29 is 9.31 Å². The van der Waals surface area contributed by atoms with Crippen LogP contribution in [-0.2, 0) is 5.41 Å². The van der Waals surface area contributed by atoms with Crippen LogP contribution in [0.25, 0.3) is 0 Å². The van der Waals surface area contributed by atoms with Gasteiger partial charge in [0.05, 0.1) is 4.92 Å². The van der Waals surface area contributed by atoms with Gasteiger partial charge in [0.1, 0.15) is 0 Å². The average molecular weight is 212 g/mol. The maximum atomic E-state index is 13.1. The van der Waals surface area contributed by atoms with Crippen molar-refractivity contribution >= 4 is 11.4 Å². The minimum absolute atomic E-state index is 0.241. The van der Waals surface area contributed by atoms with Gasteiger partial charge < -0.3 is 5.73 Å². The normalized spacial score (nSPS) is 11.5. The van der Waals surface area contributed by atoms with Crippen LogP contribution in [0.2, 0.25) is 0 Å². The van der Waals surface area contributed by atoms with Gasteiger partial charge >= 0.3 is 5.69 Å². The second kappa shape index (κ2) is 3.49. The molecule has 0 amide bonds. The maximum Gasteiger partial charge on any atom is 0.305 e. The summed E-state index contributed by atoms with van der Waals surface area (Å²) < 4.78 is 13.1. The first kappa shape index (κ1) is 11.4. The molecule has 0 saturated carbocycles. The minimum atomic E-state index is -0.898. The molecular formula is C10H13FN2O2. The van der Waals surface area contributed by atoms with E-state index >= 15 is 0 Å². The molecule has 0 fully saturated rings. The fourth-order valence-electron chi connectivity index (χ4n) is 1.37. The van der Waals surface area contributed by atoms with E-state index in [0.29, 0.717) is 5.56 Å². The van der Waals surface area contributed by atoms with Crippen molar-refractivity contribution in [2.75, 3.05) is 5.73 Å². The quantitative estimate of drug-likeness (QED) is 0.442. The van der Waals surface area contributed by atoms with E-state index in [1.165, 1.54) is 6.07 Å². The predicted molar refractivity (Wildman–Crippen MR) is 56.2 cm³/mol. The molecule has 0 saturated heterocycles. The molecule has 15 heavy (non-hydrogen) atoms. The van der Waals surface area contributed by atoms with Crippen molar-refractivity contribution in [3.63, 3.8) is 0 Å². The van der Waals surface area contributed by atoms with Crippen LogP contribution >= 0.6 is 0 Å². The molecule has 0 heterocycles. The number of nitrogens with two attached hydrogens (primary N) is 1. The molecule has 0 aromatic heterocycles. The summed E-state index contributed by atoms with van der Waals surface area (Å²) in [5.74, 6) is -0.898. The SMILES string of the molecule is CC(C)(C)c1cc([N+](=O)[O-])c(F)cc1N. The lowest BCUT2D eigenvalue weighted by Gasteiger charge is -2.20. The van der Waals surface area contributed by atoms with Crippen LogP contribution < -0.4 is 5.73 Å². The van der Waals surface area contributed by atoms with Crippen LogP contribution in [0.3, 0.4) is 0 Å². The number of halogens is 1. The highest BCUT2D eigenvalue weighted by Crippen LogP contribution is 2.32. The third-order valence-corrected chi connectivity index (χ3v) is 2.12. The van der Waals surface area contributed by atoms with E-state index in [0.717, 1.165) is 6.07 Å². The molecule has 0 aliphatic heterocycles. The van der Waals surface area contributed by atoms with E-state index in [9.17, 15) is 14.5 Å². The van der Waals surface area contributed by atoms with Gasteiger partial charge in [-0.25, -0.2) is 0 Å². The molecule has 1 aromatic carbocycles. The number of rotatable bonds is 1. The summed E-state index contributed by atoms with van der Waals surface area (Å²) in [5, 5.41) is 10.5. The Bertz CT molecular complexity index is 411. The third kappa shape index (κ3) is 2.23. The summed E-state index contributed by atoms with van der Waals surface area (Å²) in [6, 6.07) is 2.20. The molecule has 0 atom stereocenters. The van der Waals surface area contributed by atoms with Gasteiger partial charge in [0, 0.05) is 17.8 Å². The van der Waals surface area contributed by atoms with E-state index in [1.807, 2.05) is 20.8 Å². The Labute approximate surface area is 87.0 Å². The first-order valence-electron chi connectivity index (χ1n) is 4.47. The lowest BCUT2D eigenvalue weighted by molar-refractivity contribution is -0.387. The molecule has 0 spiro atoms. The van der Waals surface area contributed by atoms with E-state index in [-0.39, 0.29) is 11.1 Å². The predicted octanol–water partition coefficient (Wildman–Crippen LogP) is 2.61. The Morgan fingerprint density at radius 1 is 1.40 bits per heavy atom. The van der Waals surface area contributed by atoms with Gasteiger partial charge in [0.25, 0.3) is 0 Å². The first-order chi connectivity index (χ1) is 6.73. The largest absolute Gasteiger partial charge is 0.398 e. The number of nitro benzene ring substituents is 1. The number of nitro groups is 1. The Kier molecular flexibility index (Phi) is 2.66. The van der Waals surface area contributed by atoms with Crippen LogP contribution in [-0.4, -0.2) is 4.92 Å². The fraction of sp³-hybridized carbons (Fsp3) is 0.400. The third-order valence-electron chi connectivity index (χ3n) is 2.12. The number of nitrogen functional groups attached to an aromatic ring is 1. The number of nitrogens with zero attached hydrogens (tertiary/aromatic N) is 1. The van der Waals surface area contributed by atoms with Gasteiger partial charge in [-0.15, -0.1) is 0 Å². The summed E-state index contributed by atoms with van der Waals surface area (Å²) in [7, 11) is 0. The zero-order valence-electron chi connectivity index (χ0n) is 8.87. The van der Waals surface area contributed by atoms with E-state index < -0.39 is 16.4 Å². The Hall–Kier alpha value is -1.65. The fourth-order valence-corrected chi connectivity index (χ4v) is 1.37. The molecule has 82 valence electrons. The van der Waals surface area contributed by atoms with Gasteiger partial charge in [0.15, 0.2) is 0 Å². The number of benzene rings is 1. The molecule has 1 rings (SSSR count). The molecule has 2 N–H and O–H groups in total. The Morgan fingerprint density at radius 2 is 1.93 bits per heavy atom. The molecule has 0 bridgehead atoms. The van der Waals surface area contributed by atoms with Crippen LogP contribution in [0.15, 0.2) is 12.1 Å². The monoisotopic (exact) mass is 212 g/mol. The van der Waals surface area contributed by atoms with Gasteiger partial charge in [-0.1, -0.05) is 20.8 Å². The zero-order chi connectivity index (χ0) is 11.8. The Balaban J connectivity index is 3.43. The second-order valence-corrected chi connectivity index (χ2v) is 4.40. The van der Waals surface area contributed by atoms with Crippen LogP contribution in [0.5, 0.6) is 0 Å². The highest BCUT2D eigenvalue weighted by atomic mass is 19.1. The molecular weight excluding hydrogens is 199 g/mol. The smallest absolute Gasteiger partial charge is 0.305 e. The lowest BCUT2D eigenvalue weighted by atomic mass is 9.85. The highest BCUT2D eigenvalue weighted by Gasteiger charge is 2.23. The number of anilines is 1. The van der Waals surface area contributed by atoms with Gasteiger partial charge in [0.2, 0.25) is 5.82 Å². The summed E-state index contributed by atoms with van der Waals surface area (Å²) in [6.45, 7) is 5.58. The standard InChI is InChI=1S/C10H13FN2O2/c1-10(2,3)6-4-9(13(14)15)7(11)5-8(6)12/h4-5H,12H2,1-3H3. The number of hydrogen-bond donors (Lipinski definition) is 1. The van der Waals surface area contributed by atoms with E-state index in [4.69, 9.17) is 5.73 Å². The van der Waals surface area contributed by atoms with Crippen molar-refractivity contribution in [3.05, 3.63) is 33.6 Å². The van der Waals surface area contributed by atoms with Crippen LogP contribution in [0, 0.1) is 15.9 Å². The molecule has 0 aliphatic carbocycles. The van der Waals surface area contributed by atoms with Crippen molar-refractivity contribution in [1.82, 2.24) is 0 Å². The molecule has 0 aliphatic rings. The average Bonchev–Trinajstić information content (AvgIpc) is 2.00. The van der Waals surface area contributed by atoms with Crippen LogP contribution in [0.1, 0.15) is 26.3 Å². The Morgan fingerprint density at radius 3 is 2.33 bits per heavy atom. The second-order valence-electron chi connectivity index (χ2n) is 4.40. The zero-order valence-corrected chi connectivity index (χ0v) is 8.87. The first-order valence-corrected chi connectivity index (χ1v) is 4.47. The van der Waals surface area contributed by atoms with E-state index in [2.05, 4.69) is 0 Å². The summed E-state index contributed by atoms with van der Waals surface area (Å²) in [5.41, 5.74) is 5.56. The molecule has 0 unspecified atom stereocenters. The van der Waals surface area contributed by atoms with Gasteiger partial charge in [-0.3, -0.25) is 10.1 Å². The maximum absolute atomic E-state index is 13.1. The highest BCUT2D eigenvalue weighted by molar-refractivity contribution is 5.56. The summed E-state index contributed by atoms with van der Waals surface area (Å²) >= 11 is 0. The van der Waals surface area contributed by atoms with Crippen molar-refractivity contribution in [2.24, 2.45) is 0 Å². The topological polar surface area (TPSA) is 69.2 Å². The minimum Gasteiger partial charge on any atom is -0.398 e. The van der Waals surface area contributed by atoms with Crippen molar-refractivity contribution in [1.29, 1.82) is 0 Å². The summed E-state index contributed by atoms with van der Waals surface area (Å²) in [6.07, 6.45) is 0. The van der Waals surface area contributed by atoms with Gasteiger partial charge in [-0.05, 0) is 11.0 Å². The lowest BCUT2D eigenvalue weighted by Crippen LogP contribution is -2.15. The van der Waals surface area contributed by atoms with E-state index in [1.54, 1.807) is 0 Å². The van der Waals surface area contributed by atoms with Crippen LogP contribution in [0.4, 0.5) is 15.8 Å². The molecule has 1 aromatic rings. The summed E-state index contributed by atoms with van der Waals surface area (Å²) in [4.78, 5) is 9.79.